The van der Waals surface area contributed by atoms with Crippen molar-refractivity contribution >= 4 is 10.0 Å². The van der Waals surface area contributed by atoms with E-state index in [9.17, 15) is 8.42 Å². The molecule has 102 valence electrons. The molecule has 4 N–H and O–H groups in total. The van der Waals surface area contributed by atoms with Gasteiger partial charge >= 0.3 is 0 Å². The molecule has 1 aliphatic rings. The number of H-pyrrole nitrogens is 1. The average Bonchev–Trinajstić information content (AvgIpc) is 2.72. The summed E-state index contributed by atoms with van der Waals surface area (Å²) in [4.78, 5) is 0. The number of nitrogens with one attached hydrogen (secondary N) is 2. The molecule has 1 saturated heterocycles. The Bertz CT molecular complexity index is 505. The summed E-state index contributed by atoms with van der Waals surface area (Å²) in [7, 11) is -3.63. The highest BCUT2D eigenvalue weighted by Gasteiger charge is 2.27. The van der Waals surface area contributed by atoms with Crippen LogP contribution in [0.1, 0.15) is 24.1 Å². The summed E-state index contributed by atoms with van der Waals surface area (Å²) < 4.78 is 32.2. The Morgan fingerprint density at radius 1 is 1.61 bits per heavy atom. The normalized spacial score (nSPS) is 21.1. The molecule has 0 bridgehead atoms. The van der Waals surface area contributed by atoms with E-state index in [1.165, 1.54) is 0 Å². The average molecular weight is 274 g/mol. The Labute approximate surface area is 106 Å². The van der Waals surface area contributed by atoms with Gasteiger partial charge in [0.05, 0.1) is 6.61 Å². The van der Waals surface area contributed by atoms with Crippen LogP contribution >= 0.6 is 0 Å². The van der Waals surface area contributed by atoms with Crippen molar-refractivity contribution in [2.45, 2.75) is 37.4 Å². The molecule has 18 heavy (non-hydrogen) atoms. The fourth-order valence-electron chi connectivity index (χ4n) is 2.00. The highest BCUT2D eigenvalue weighted by atomic mass is 32.2. The van der Waals surface area contributed by atoms with Crippen LogP contribution in [0.5, 0.6) is 0 Å². The Balaban J connectivity index is 2.19. The van der Waals surface area contributed by atoms with Gasteiger partial charge in [-0.1, -0.05) is 0 Å². The van der Waals surface area contributed by atoms with Crippen LogP contribution in [0.2, 0.25) is 0 Å². The second-order valence-electron chi connectivity index (χ2n) is 4.37. The van der Waals surface area contributed by atoms with Crippen LogP contribution in [0.25, 0.3) is 0 Å². The minimum absolute atomic E-state index is 0.00641. The second-order valence-corrected chi connectivity index (χ2v) is 6.00. The van der Waals surface area contributed by atoms with Gasteiger partial charge in [0.15, 0.2) is 5.03 Å². The molecule has 1 fully saturated rings. The topological polar surface area (TPSA) is 110 Å². The maximum atomic E-state index is 12.2. The summed E-state index contributed by atoms with van der Waals surface area (Å²) in [5.74, 6) is 0. The van der Waals surface area contributed by atoms with Crippen molar-refractivity contribution in [1.82, 2.24) is 14.9 Å². The largest absolute Gasteiger partial charge is 0.380 e. The molecule has 0 spiro atoms. The van der Waals surface area contributed by atoms with E-state index in [2.05, 4.69) is 14.9 Å². The Kier molecular flexibility index (Phi) is 4.00. The Morgan fingerprint density at radius 3 is 3.00 bits per heavy atom. The number of ether oxygens (including phenoxy) is 1. The zero-order chi connectivity index (χ0) is 13.2. The van der Waals surface area contributed by atoms with Gasteiger partial charge in [0, 0.05) is 30.5 Å². The number of rotatable bonds is 4. The number of aromatic amines is 1. The van der Waals surface area contributed by atoms with Gasteiger partial charge in [0.2, 0.25) is 0 Å². The number of nitrogens with two attached hydrogens (primary N) is 1. The Morgan fingerprint density at radius 2 is 2.39 bits per heavy atom. The lowest BCUT2D eigenvalue weighted by Gasteiger charge is -2.22. The molecular weight excluding hydrogens is 256 g/mol. The van der Waals surface area contributed by atoms with Crippen molar-refractivity contribution < 1.29 is 13.2 Å². The first-order valence-corrected chi connectivity index (χ1v) is 7.37. The molecule has 1 aromatic heterocycles. The maximum absolute atomic E-state index is 12.2. The predicted octanol–water partition coefficient (Wildman–Crippen LogP) is -0.366. The summed E-state index contributed by atoms with van der Waals surface area (Å²) in [6.45, 7) is 2.98. The van der Waals surface area contributed by atoms with Crippen LogP contribution < -0.4 is 10.5 Å². The standard InChI is InChI=1S/C10H18N4O3S/c1-7-9(5-11)10(13-12-7)18(15,16)14-8-3-2-4-17-6-8/h8,14H,2-6,11H2,1H3,(H,12,13). The molecule has 0 amide bonds. The summed E-state index contributed by atoms with van der Waals surface area (Å²) >= 11 is 0. The van der Waals surface area contributed by atoms with Crippen LogP contribution in [0.15, 0.2) is 5.03 Å². The first-order valence-electron chi connectivity index (χ1n) is 5.88. The molecule has 0 aliphatic carbocycles. The van der Waals surface area contributed by atoms with E-state index in [-0.39, 0.29) is 17.6 Å². The van der Waals surface area contributed by atoms with E-state index >= 15 is 0 Å². The number of aromatic nitrogens is 2. The van der Waals surface area contributed by atoms with E-state index in [1.807, 2.05) is 0 Å². The molecular formula is C10H18N4O3S. The third kappa shape index (κ3) is 2.72. The van der Waals surface area contributed by atoms with Crippen molar-refractivity contribution in [3.8, 4) is 0 Å². The minimum Gasteiger partial charge on any atom is -0.380 e. The van der Waals surface area contributed by atoms with E-state index < -0.39 is 10.0 Å². The van der Waals surface area contributed by atoms with Gasteiger partial charge in [-0.05, 0) is 19.8 Å². The molecule has 0 aromatic carbocycles. The quantitative estimate of drug-likeness (QED) is 0.694. The van der Waals surface area contributed by atoms with E-state index in [1.54, 1.807) is 6.92 Å². The molecule has 1 atom stereocenters. The fraction of sp³-hybridized carbons (Fsp3) is 0.700. The van der Waals surface area contributed by atoms with E-state index in [4.69, 9.17) is 10.5 Å². The predicted molar refractivity (Wildman–Crippen MR) is 65.4 cm³/mol. The van der Waals surface area contributed by atoms with Crippen molar-refractivity contribution in [3.05, 3.63) is 11.3 Å². The highest BCUT2D eigenvalue weighted by Crippen LogP contribution is 2.17. The lowest BCUT2D eigenvalue weighted by atomic mass is 10.1. The second kappa shape index (κ2) is 5.35. The smallest absolute Gasteiger partial charge is 0.260 e. The Hall–Kier alpha value is -0.960. The van der Waals surface area contributed by atoms with Crippen molar-refractivity contribution in [3.63, 3.8) is 0 Å². The maximum Gasteiger partial charge on any atom is 0.260 e. The molecule has 7 nitrogen and oxygen atoms in total. The molecule has 8 heteroatoms. The first kappa shape index (κ1) is 13.5. The molecule has 0 radical (unpaired) electrons. The molecule has 1 aliphatic heterocycles. The molecule has 1 aromatic rings. The minimum atomic E-state index is -3.63. The lowest BCUT2D eigenvalue weighted by molar-refractivity contribution is 0.0774. The molecule has 2 rings (SSSR count). The summed E-state index contributed by atoms with van der Waals surface area (Å²) in [6, 6.07) is -0.189. The monoisotopic (exact) mass is 274 g/mol. The lowest BCUT2D eigenvalue weighted by Crippen LogP contribution is -2.41. The summed E-state index contributed by atoms with van der Waals surface area (Å²) in [5, 5.41) is 6.47. The van der Waals surface area contributed by atoms with Gasteiger partial charge in [0.1, 0.15) is 0 Å². The van der Waals surface area contributed by atoms with Crippen LogP contribution in [-0.2, 0) is 21.3 Å². The molecule has 0 saturated carbocycles. The van der Waals surface area contributed by atoms with Crippen LogP contribution in [0.3, 0.4) is 0 Å². The number of sulfonamides is 1. The van der Waals surface area contributed by atoms with Crippen LogP contribution in [0, 0.1) is 6.92 Å². The number of nitrogens with zero attached hydrogens (tertiary/aromatic N) is 1. The van der Waals surface area contributed by atoms with Crippen molar-refractivity contribution in [2.75, 3.05) is 13.2 Å². The van der Waals surface area contributed by atoms with Gasteiger partial charge in [0.25, 0.3) is 10.0 Å². The highest BCUT2D eigenvalue weighted by molar-refractivity contribution is 7.89. The van der Waals surface area contributed by atoms with Crippen LogP contribution in [0.4, 0.5) is 0 Å². The number of hydrogen-bond acceptors (Lipinski definition) is 5. The van der Waals surface area contributed by atoms with E-state index in [0.717, 1.165) is 12.8 Å². The van der Waals surface area contributed by atoms with Gasteiger partial charge in [-0.3, -0.25) is 5.10 Å². The number of aryl methyl sites for hydroxylation is 1. The van der Waals surface area contributed by atoms with Gasteiger partial charge in [-0.15, -0.1) is 0 Å². The van der Waals surface area contributed by atoms with Gasteiger partial charge in [-0.2, -0.15) is 5.10 Å². The molecule has 1 unspecified atom stereocenters. The summed E-state index contributed by atoms with van der Waals surface area (Å²) in [6.07, 6.45) is 1.64. The summed E-state index contributed by atoms with van der Waals surface area (Å²) in [5.41, 5.74) is 6.75. The third-order valence-electron chi connectivity index (χ3n) is 2.98. The zero-order valence-corrected chi connectivity index (χ0v) is 11.1. The SMILES string of the molecule is Cc1[nH]nc(S(=O)(=O)NC2CCCOC2)c1CN. The third-order valence-corrected chi connectivity index (χ3v) is 4.47. The van der Waals surface area contributed by atoms with Crippen molar-refractivity contribution in [2.24, 2.45) is 5.73 Å². The fourth-order valence-corrected chi connectivity index (χ4v) is 3.46. The van der Waals surface area contributed by atoms with Gasteiger partial charge < -0.3 is 10.5 Å². The molecule has 2 heterocycles. The van der Waals surface area contributed by atoms with E-state index in [0.29, 0.717) is 24.5 Å². The zero-order valence-electron chi connectivity index (χ0n) is 10.3. The van der Waals surface area contributed by atoms with Crippen molar-refractivity contribution in [1.29, 1.82) is 0 Å². The van der Waals surface area contributed by atoms with Gasteiger partial charge in [-0.25, -0.2) is 13.1 Å². The van der Waals surface area contributed by atoms with Crippen LogP contribution in [-0.4, -0.2) is 37.9 Å². The first-order chi connectivity index (χ1) is 8.54. The number of hydrogen-bond donors (Lipinski definition) is 3.